The van der Waals surface area contributed by atoms with Crippen molar-refractivity contribution in [1.29, 1.82) is 0 Å². The number of carbonyl (C=O) groups excluding carboxylic acids is 1. The Morgan fingerprint density at radius 1 is 0.732 bits per heavy atom. The Bertz CT molecular complexity index is 1770. The average molecular weight is 1020 g/mol. The van der Waals surface area contributed by atoms with Gasteiger partial charge in [-0.05, 0) is 93.0 Å². The number of hydrogen-bond acceptors (Lipinski definition) is 22. The molecule has 0 amide bonds. The fourth-order valence-corrected chi connectivity index (χ4v) is 14.2. The Kier molecular flexibility index (Phi) is 18.5. The van der Waals surface area contributed by atoms with E-state index in [-0.39, 0.29) is 11.8 Å². The standard InChI is InChI=1S/C49H82O22/c1-6-7-8-10-24-25(18-50)65-43(37(60)31(24)54)70-45(63)47(4)14-9-13-46(3)29(47)11-15-48-17-23(2)49(22-48,16-12-30(46)48)71-44-40(69-42-38(61)35(58)33(56)27(20-52)66-42)39(34(57)28(21-53)67-44)68-41(62)36(59)32(55)26(19-51)64-5/h24-44,50-62H,2,6-22H2,1,3-5H3/t24?,25?,26?,27?,28?,29-,30-,31?,32?,33?,34?,35?,36?,37?,38?,39?,40?,41?,42?,43?,44?,46+,47?,48+,49-/m0/s1. The molecule has 0 aromatic rings. The molecule has 0 aromatic heterocycles. The van der Waals surface area contributed by atoms with E-state index in [0.29, 0.717) is 63.4 Å². The number of methoxy groups -OCH3 is 1. The molecule has 20 unspecified atom stereocenters. The highest BCUT2D eigenvalue weighted by Crippen LogP contribution is 2.74. The van der Waals surface area contributed by atoms with Crippen molar-refractivity contribution in [2.24, 2.45) is 34.0 Å². The SMILES string of the molecule is C=C1C[C@@]23CC[C@@H]4C(C)(C(=O)OC5OC(CO)C(CCCCC)C(O)C5O)CCC[C@@]4(C)[C@@H]2CC[C@]1(OC1OC(CO)C(O)C(OC(O)C(O)C(O)C(CO)OC)C1OC1OC(CO)C(O)C(O)C1O)C3. The van der Waals surface area contributed by atoms with Gasteiger partial charge in [0.1, 0.15) is 73.2 Å². The molecule has 22 heteroatoms. The molecular formula is C49H82O22. The Labute approximate surface area is 414 Å². The van der Waals surface area contributed by atoms with Crippen LogP contribution in [0.25, 0.3) is 0 Å². The summed E-state index contributed by atoms with van der Waals surface area (Å²) in [6.45, 7) is 7.90. The summed E-state index contributed by atoms with van der Waals surface area (Å²) in [5, 5.41) is 140. The van der Waals surface area contributed by atoms with Crippen molar-refractivity contribution in [3.05, 3.63) is 12.2 Å². The van der Waals surface area contributed by atoms with Crippen LogP contribution in [-0.4, -0.2) is 222 Å². The fourth-order valence-electron chi connectivity index (χ4n) is 14.2. The van der Waals surface area contributed by atoms with Gasteiger partial charge in [-0.15, -0.1) is 0 Å². The molecule has 1 spiro atoms. The van der Waals surface area contributed by atoms with Crippen LogP contribution in [-0.2, 0) is 42.7 Å². The molecule has 3 heterocycles. The van der Waals surface area contributed by atoms with Crippen LogP contribution in [0.4, 0.5) is 0 Å². The third-order valence-corrected chi connectivity index (χ3v) is 18.1. The molecule has 7 rings (SSSR count). The molecule has 22 nitrogen and oxygen atoms in total. The van der Waals surface area contributed by atoms with Crippen molar-refractivity contribution in [2.75, 3.05) is 33.5 Å². The molecule has 2 bridgehead atoms. The molecule has 7 fully saturated rings. The number of unbranched alkanes of at least 4 members (excludes halogenated alkanes) is 2. The largest absolute Gasteiger partial charge is 0.432 e. The number of fused-ring (bicyclic) bond motifs is 3. The highest BCUT2D eigenvalue weighted by Gasteiger charge is 2.69. The van der Waals surface area contributed by atoms with Crippen molar-refractivity contribution in [2.45, 2.75) is 220 Å². The van der Waals surface area contributed by atoms with Crippen molar-refractivity contribution in [3.8, 4) is 0 Å². The quantitative estimate of drug-likeness (QED) is 0.0206. The molecular weight excluding hydrogens is 941 g/mol. The number of aliphatic hydroxyl groups excluding tert-OH is 13. The second-order valence-corrected chi connectivity index (χ2v) is 22.1. The monoisotopic (exact) mass is 1020 g/mol. The van der Waals surface area contributed by atoms with Gasteiger partial charge in [-0.25, -0.2) is 0 Å². The molecule has 13 N–H and O–H groups in total. The maximum absolute atomic E-state index is 14.5. The lowest BCUT2D eigenvalue weighted by Gasteiger charge is -2.64. The van der Waals surface area contributed by atoms with Crippen molar-refractivity contribution in [3.63, 3.8) is 0 Å². The van der Waals surface area contributed by atoms with E-state index >= 15 is 0 Å². The number of esters is 1. The van der Waals surface area contributed by atoms with Gasteiger partial charge >= 0.3 is 5.97 Å². The number of hydrogen-bond donors (Lipinski definition) is 13. The van der Waals surface area contributed by atoms with Crippen LogP contribution < -0.4 is 0 Å². The van der Waals surface area contributed by atoms with Gasteiger partial charge in [0, 0.05) is 13.0 Å². The molecule has 25 atom stereocenters. The highest BCUT2D eigenvalue weighted by atomic mass is 16.8. The molecule has 7 aliphatic rings. The zero-order valence-electron chi connectivity index (χ0n) is 41.3. The van der Waals surface area contributed by atoms with Crippen LogP contribution in [0.15, 0.2) is 12.2 Å². The molecule has 0 aromatic carbocycles. The van der Waals surface area contributed by atoms with E-state index in [1.807, 2.05) is 6.92 Å². The minimum atomic E-state index is -2.32. The number of aliphatic hydroxyl groups is 13. The maximum atomic E-state index is 14.5. The third-order valence-electron chi connectivity index (χ3n) is 18.1. The van der Waals surface area contributed by atoms with Crippen LogP contribution in [0.3, 0.4) is 0 Å². The van der Waals surface area contributed by atoms with Gasteiger partial charge in [0.2, 0.25) is 6.29 Å². The third kappa shape index (κ3) is 10.5. The van der Waals surface area contributed by atoms with E-state index in [9.17, 15) is 71.2 Å². The second kappa shape index (κ2) is 22.9. The van der Waals surface area contributed by atoms with E-state index in [2.05, 4.69) is 20.4 Å². The van der Waals surface area contributed by atoms with E-state index in [1.165, 1.54) is 0 Å². The molecule has 3 aliphatic heterocycles. The zero-order chi connectivity index (χ0) is 52.0. The van der Waals surface area contributed by atoms with Gasteiger partial charge in [0.15, 0.2) is 18.9 Å². The molecule has 71 heavy (non-hydrogen) atoms. The lowest BCUT2D eigenvalue weighted by Crippen LogP contribution is -2.67. The molecule has 0 radical (unpaired) electrons. The average Bonchev–Trinajstić information content (AvgIpc) is 3.55. The zero-order valence-corrected chi connectivity index (χ0v) is 41.3. The summed E-state index contributed by atoms with van der Waals surface area (Å²) in [5.41, 5.74) is -2.22. The van der Waals surface area contributed by atoms with E-state index in [4.69, 9.17) is 37.9 Å². The van der Waals surface area contributed by atoms with E-state index in [0.717, 1.165) is 32.8 Å². The first kappa shape index (κ1) is 57.1. The predicted octanol–water partition coefficient (Wildman–Crippen LogP) is -2.03. The van der Waals surface area contributed by atoms with Crippen LogP contribution in [0.1, 0.15) is 104 Å². The predicted molar refractivity (Wildman–Crippen MR) is 243 cm³/mol. The smallest absolute Gasteiger partial charge is 0.314 e. The molecule has 4 saturated carbocycles. The summed E-state index contributed by atoms with van der Waals surface area (Å²) in [7, 11) is 1.15. The van der Waals surface area contributed by atoms with Crippen molar-refractivity contribution >= 4 is 5.97 Å². The van der Waals surface area contributed by atoms with Crippen LogP contribution in [0, 0.1) is 34.0 Å². The van der Waals surface area contributed by atoms with Crippen LogP contribution >= 0.6 is 0 Å². The van der Waals surface area contributed by atoms with Crippen molar-refractivity contribution in [1.82, 2.24) is 0 Å². The van der Waals surface area contributed by atoms with Crippen LogP contribution in [0.5, 0.6) is 0 Å². The first-order valence-corrected chi connectivity index (χ1v) is 25.6. The van der Waals surface area contributed by atoms with Gasteiger partial charge in [-0.1, -0.05) is 46.1 Å². The first-order valence-electron chi connectivity index (χ1n) is 25.6. The lowest BCUT2D eigenvalue weighted by atomic mass is 9.41. The summed E-state index contributed by atoms with van der Waals surface area (Å²) in [5.74, 6) is -1.18. The van der Waals surface area contributed by atoms with E-state index < -0.39 is 171 Å². The Morgan fingerprint density at radius 2 is 1.37 bits per heavy atom. The minimum Gasteiger partial charge on any atom is -0.432 e. The van der Waals surface area contributed by atoms with Gasteiger partial charge in [-0.3, -0.25) is 4.79 Å². The van der Waals surface area contributed by atoms with Crippen molar-refractivity contribution < 1.29 is 109 Å². The Morgan fingerprint density at radius 3 is 2.01 bits per heavy atom. The summed E-state index contributed by atoms with van der Waals surface area (Å²) < 4.78 is 48.0. The second-order valence-electron chi connectivity index (χ2n) is 22.1. The van der Waals surface area contributed by atoms with Gasteiger partial charge in [0.05, 0.1) is 49.7 Å². The molecule has 4 aliphatic carbocycles. The van der Waals surface area contributed by atoms with Gasteiger partial charge in [0.25, 0.3) is 0 Å². The Balaban J connectivity index is 1.13. The normalized spacial score (nSPS) is 47.5. The molecule has 3 saturated heterocycles. The lowest BCUT2D eigenvalue weighted by molar-refractivity contribution is -0.391. The van der Waals surface area contributed by atoms with E-state index in [1.54, 1.807) is 0 Å². The number of ether oxygens (including phenoxy) is 8. The maximum Gasteiger partial charge on any atom is 0.314 e. The number of rotatable bonds is 20. The fraction of sp³-hybridized carbons (Fsp3) is 0.939. The highest BCUT2D eigenvalue weighted by molar-refractivity contribution is 5.77. The van der Waals surface area contributed by atoms with Gasteiger partial charge in [-0.2, -0.15) is 0 Å². The molecule has 410 valence electrons. The summed E-state index contributed by atoms with van der Waals surface area (Å²) in [6, 6.07) is 0. The topological polar surface area (TPSA) is 354 Å². The summed E-state index contributed by atoms with van der Waals surface area (Å²) in [6.07, 6.45) is -21.9. The first-order chi connectivity index (χ1) is 33.6. The minimum absolute atomic E-state index is 0.0487. The number of carbonyl (C=O) groups is 1. The Hall–Kier alpha value is -1.59. The van der Waals surface area contributed by atoms with Gasteiger partial charge < -0.3 is 104 Å². The summed E-state index contributed by atoms with van der Waals surface area (Å²) in [4.78, 5) is 14.5. The van der Waals surface area contributed by atoms with Crippen LogP contribution in [0.2, 0.25) is 0 Å². The summed E-state index contributed by atoms with van der Waals surface area (Å²) >= 11 is 0.